The fraction of sp³-hybridized carbons (Fsp3) is 0.550. The number of rotatable bonds is 4. The quantitative estimate of drug-likeness (QED) is 0.853. The van der Waals surface area contributed by atoms with Gasteiger partial charge in [0.05, 0.1) is 0 Å². The van der Waals surface area contributed by atoms with Gasteiger partial charge in [-0.2, -0.15) is 0 Å². The number of amides is 1. The van der Waals surface area contributed by atoms with Gasteiger partial charge in [0.1, 0.15) is 11.5 Å². The van der Waals surface area contributed by atoms with E-state index >= 15 is 0 Å². The Balaban J connectivity index is 1.58. The van der Waals surface area contributed by atoms with Gasteiger partial charge in [-0.25, -0.2) is 4.39 Å². The normalized spacial score (nSPS) is 24.2. The van der Waals surface area contributed by atoms with Gasteiger partial charge in [0.25, 0.3) is 5.91 Å². The molecule has 1 heterocycles. The van der Waals surface area contributed by atoms with Crippen molar-refractivity contribution in [1.29, 1.82) is 0 Å². The molecule has 1 aromatic carbocycles. The maximum atomic E-state index is 13.9. The van der Waals surface area contributed by atoms with Crippen LogP contribution in [0.5, 0.6) is 0 Å². The van der Waals surface area contributed by atoms with Crippen molar-refractivity contribution in [3.8, 4) is 0 Å². The number of nitrogens with one attached hydrogen (secondary N) is 1. The molecule has 4 heteroatoms. The molecule has 2 fully saturated rings. The van der Waals surface area contributed by atoms with Gasteiger partial charge in [0, 0.05) is 23.0 Å². The van der Waals surface area contributed by atoms with Crippen molar-refractivity contribution in [2.75, 3.05) is 0 Å². The van der Waals surface area contributed by atoms with E-state index in [9.17, 15) is 9.18 Å². The summed E-state index contributed by atoms with van der Waals surface area (Å²) in [7, 11) is 0. The molecular formula is C20H25FN2O. The first-order chi connectivity index (χ1) is 11.7. The summed E-state index contributed by atoms with van der Waals surface area (Å²) in [5.74, 6) is 0.594. The summed E-state index contributed by atoms with van der Waals surface area (Å²) in [5.41, 5.74) is 1.23. The van der Waals surface area contributed by atoms with E-state index < -0.39 is 0 Å². The third kappa shape index (κ3) is 2.83. The number of carbonyl (C=O) groups excluding carboxylic acids is 1. The van der Waals surface area contributed by atoms with Gasteiger partial charge in [-0.15, -0.1) is 0 Å². The topological polar surface area (TPSA) is 36.1 Å². The average Bonchev–Trinajstić information content (AvgIpc) is 3.33. The molecule has 0 saturated heterocycles. The average molecular weight is 328 g/mol. The van der Waals surface area contributed by atoms with E-state index in [1.54, 1.807) is 12.1 Å². The zero-order valence-electron chi connectivity index (χ0n) is 14.2. The van der Waals surface area contributed by atoms with E-state index in [0.717, 1.165) is 31.6 Å². The van der Waals surface area contributed by atoms with Crippen molar-refractivity contribution >= 4 is 16.8 Å². The molecule has 2 aromatic rings. The molecule has 2 saturated carbocycles. The molecule has 3 nitrogen and oxygen atoms in total. The van der Waals surface area contributed by atoms with E-state index in [2.05, 4.69) is 16.8 Å². The third-order valence-corrected chi connectivity index (χ3v) is 5.80. The molecular weight excluding hydrogens is 303 g/mol. The highest BCUT2D eigenvalue weighted by molar-refractivity contribution is 5.98. The Morgan fingerprint density at radius 3 is 2.42 bits per heavy atom. The van der Waals surface area contributed by atoms with Crippen molar-refractivity contribution in [2.24, 2.45) is 5.92 Å². The van der Waals surface area contributed by atoms with Crippen molar-refractivity contribution in [3.63, 3.8) is 0 Å². The summed E-state index contributed by atoms with van der Waals surface area (Å²) in [4.78, 5) is 18.4. The standard InChI is InChI=1S/C20H25FN2O/c1-2-13-6-8-14(9-7-13)23(15-10-11-15)20(24)19-12-16-17(21)4-3-5-18(16)22-19/h3-5,12-15,22H,2,6-11H2,1H3. The van der Waals surface area contributed by atoms with Gasteiger partial charge >= 0.3 is 0 Å². The second-order valence-electron chi connectivity index (χ2n) is 7.41. The summed E-state index contributed by atoms with van der Waals surface area (Å²) in [5, 5.41) is 0.506. The number of aromatic amines is 1. The van der Waals surface area contributed by atoms with Crippen LogP contribution in [-0.2, 0) is 0 Å². The van der Waals surface area contributed by atoms with Crippen LogP contribution < -0.4 is 0 Å². The van der Waals surface area contributed by atoms with E-state index in [-0.39, 0.29) is 11.7 Å². The van der Waals surface area contributed by atoms with E-state index in [4.69, 9.17) is 0 Å². The third-order valence-electron chi connectivity index (χ3n) is 5.80. The van der Waals surface area contributed by atoms with Crippen LogP contribution in [0.15, 0.2) is 24.3 Å². The zero-order chi connectivity index (χ0) is 16.7. The molecule has 24 heavy (non-hydrogen) atoms. The number of hydrogen-bond acceptors (Lipinski definition) is 1. The predicted molar refractivity (Wildman–Crippen MR) is 93.5 cm³/mol. The van der Waals surface area contributed by atoms with Gasteiger partial charge in [-0.05, 0) is 62.6 Å². The van der Waals surface area contributed by atoms with E-state index in [1.165, 1.54) is 25.3 Å². The Morgan fingerprint density at radius 2 is 1.83 bits per heavy atom. The number of aromatic nitrogens is 1. The lowest BCUT2D eigenvalue weighted by atomic mass is 9.83. The Labute approximate surface area is 142 Å². The van der Waals surface area contributed by atoms with Crippen LogP contribution in [-0.4, -0.2) is 27.9 Å². The van der Waals surface area contributed by atoms with E-state index in [1.807, 2.05) is 6.07 Å². The molecule has 1 aromatic heterocycles. The number of carbonyl (C=O) groups is 1. The first-order valence-electron chi connectivity index (χ1n) is 9.27. The first kappa shape index (κ1) is 15.7. The van der Waals surface area contributed by atoms with Crippen LogP contribution in [0, 0.1) is 11.7 Å². The summed E-state index contributed by atoms with van der Waals surface area (Å²) >= 11 is 0. The van der Waals surface area contributed by atoms with Crippen molar-refractivity contribution < 1.29 is 9.18 Å². The second-order valence-corrected chi connectivity index (χ2v) is 7.41. The lowest BCUT2D eigenvalue weighted by Crippen LogP contribution is -2.44. The van der Waals surface area contributed by atoms with Crippen molar-refractivity contribution in [1.82, 2.24) is 9.88 Å². The van der Waals surface area contributed by atoms with Gasteiger partial charge in [-0.3, -0.25) is 4.79 Å². The molecule has 1 amide bonds. The van der Waals surface area contributed by atoms with Crippen LogP contribution in [0.4, 0.5) is 4.39 Å². The smallest absolute Gasteiger partial charge is 0.270 e. The molecule has 0 spiro atoms. The monoisotopic (exact) mass is 328 g/mol. The van der Waals surface area contributed by atoms with E-state index in [0.29, 0.717) is 28.7 Å². The van der Waals surface area contributed by atoms with Crippen LogP contribution in [0.1, 0.15) is 62.4 Å². The van der Waals surface area contributed by atoms with Crippen LogP contribution in [0.2, 0.25) is 0 Å². The highest BCUT2D eigenvalue weighted by Crippen LogP contribution is 2.37. The Kier molecular flexibility index (Phi) is 4.07. The molecule has 0 atom stereocenters. The van der Waals surface area contributed by atoms with Gasteiger partial charge in [-0.1, -0.05) is 19.4 Å². The lowest BCUT2D eigenvalue weighted by Gasteiger charge is -2.37. The van der Waals surface area contributed by atoms with Crippen LogP contribution in [0.25, 0.3) is 10.9 Å². The number of nitrogens with zero attached hydrogens (tertiary/aromatic N) is 1. The number of H-pyrrole nitrogens is 1. The lowest BCUT2D eigenvalue weighted by molar-refractivity contribution is 0.0582. The Bertz CT molecular complexity index is 741. The molecule has 0 radical (unpaired) electrons. The summed E-state index contributed by atoms with van der Waals surface area (Å²) in [6.45, 7) is 2.26. The second kappa shape index (κ2) is 6.23. The molecule has 4 rings (SSSR count). The molecule has 1 N–H and O–H groups in total. The number of halogens is 1. The molecule has 2 aliphatic carbocycles. The van der Waals surface area contributed by atoms with Crippen molar-refractivity contribution in [2.45, 2.75) is 64.0 Å². The maximum absolute atomic E-state index is 13.9. The van der Waals surface area contributed by atoms with Crippen LogP contribution >= 0.6 is 0 Å². The molecule has 0 aliphatic heterocycles. The number of benzene rings is 1. The summed E-state index contributed by atoms with van der Waals surface area (Å²) in [6, 6.07) is 7.35. The fourth-order valence-corrected chi connectivity index (χ4v) is 4.19. The zero-order valence-corrected chi connectivity index (χ0v) is 14.2. The summed E-state index contributed by atoms with van der Waals surface area (Å²) in [6.07, 6.45) is 8.11. The first-order valence-corrected chi connectivity index (χ1v) is 9.27. The number of hydrogen-bond donors (Lipinski definition) is 1. The Hall–Kier alpha value is -1.84. The Morgan fingerprint density at radius 1 is 1.17 bits per heavy atom. The van der Waals surface area contributed by atoms with Gasteiger partial charge in [0.15, 0.2) is 0 Å². The van der Waals surface area contributed by atoms with Gasteiger partial charge in [0.2, 0.25) is 0 Å². The van der Waals surface area contributed by atoms with Crippen LogP contribution in [0.3, 0.4) is 0 Å². The minimum atomic E-state index is -0.274. The molecule has 128 valence electrons. The minimum Gasteiger partial charge on any atom is -0.350 e. The molecule has 2 aliphatic rings. The number of fused-ring (bicyclic) bond motifs is 1. The predicted octanol–water partition coefficient (Wildman–Crippen LogP) is 4.88. The van der Waals surface area contributed by atoms with Crippen molar-refractivity contribution in [3.05, 3.63) is 35.8 Å². The summed E-state index contributed by atoms with van der Waals surface area (Å²) < 4.78 is 13.9. The fourth-order valence-electron chi connectivity index (χ4n) is 4.19. The molecule has 0 bridgehead atoms. The SMILES string of the molecule is CCC1CCC(N(C(=O)c2cc3c(F)cccc3[nH]2)C2CC2)CC1. The van der Waals surface area contributed by atoms with Gasteiger partial charge < -0.3 is 9.88 Å². The highest BCUT2D eigenvalue weighted by Gasteiger charge is 2.39. The minimum absolute atomic E-state index is 0.0491. The largest absolute Gasteiger partial charge is 0.350 e. The highest BCUT2D eigenvalue weighted by atomic mass is 19.1. The molecule has 0 unspecified atom stereocenters. The maximum Gasteiger partial charge on any atom is 0.270 e.